The fraction of sp³-hybridized carbons (Fsp3) is 0.143. The summed E-state index contributed by atoms with van der Waals surface area (Å²) in [5.41, 5.74) is 9.12. The third kappa shape index (κ3) is 3.40. The van der Waals surface area contributed by atoms with Gasteiger partial charge in [0, 0.05) is 0 Å². The van der Waals surface area contributed by atoms with E-state index in [1.807, 2.05) is 0 Å². The van der Waals surface area contributed by atoms with Crippen molar-refractivity contribution < 1.29 is 0 Å². The van der Waals surface area contributed by atoms with Crippen LogP contribution >= 0.6 is 18.5 Å². The Morgan fingerprint density at radius 1 is 0.565 bits per heavy atom. The number of benzene rings is 3. The van der Waals surface area contributed by atoms with E-state index in [1.54, 1.807) is 0 Å². The van der Waals surface area contributed by atoms with Crippen LogP contribution in [0.25, 0.3) is 22.3 Å². The van der Waals surface area contributed by atoms with Gasteiger partial charge in [0.1, 0.15) is 0 Å². The number of aryl methyl sites for hydroxylation is 3. The van der Waals surface area contributed by atoms with Gasteiger partial charge >= 0.3 is 0 Å². The molecule has 2 atom stereocenters. The first-order chi connectivity index (χ1) is 11.0. The van der Waals surface area contributed by atoms with Crippen molar-refractivity contribution >= 4 is 29.1 Å². The van der Waals surface area contributed by atoms with Gasteiger partial charge < -0.3 is 0 Å². The molecular weight excluding hydrogens is 314 g/mol. The Morgan fingerprint density at radius 3 is 1.65 bits per heavy atom. The number of hydrogen-bond acceptors (Lipinski definition) is 0. The van der Waals surface area contributed by atoms with E-state index in [0.717, 1.165) is 0 Å². The van der Waals surface area contributed by atoms with Gasteiger partial charge in [-0.05, 0) is 70.3 Å². The van der Waals surface area contributed by atoms with Crippen LogP contribution in [0.4, 0.5) is 0 Å². The fourth-order valence-corrected chi connectivity index (χ4v) is 3.52. The van der Waals surface area contributed by atoms with Crippen molar-refractivity contribution in [1.82, 2.24) is 0 Å². The van der Waals surface area contributed by atoms with Crippen LogP contribution in [0.5, 0.6) is 0 Å². The van der Waals surface area contributed by atoms with Gasteiger partial charge in [-0.25, -0.2) is 0 Å². The van der Waals surface area contributed by atoms with Gasteiger partial charge in [-0.3, -0.25) is 0 Å². The summed E-state index contributed by atoms with van der Waals surface area (Å²) >= 11 is 0. The summed E-state index contributed by atoms with van der Waals surface area (Å²) in [5, 5.41) is 2.49. The fourth-order valence-electron chi connectivity index (χ4n) is 2.99. The van der Waals surface area contributed by atoms with Crippen molar-refractivity contribution in [2.75, 3.05) is 0 Å². The lowest BCUT2D eigenvalue weighted by molar-refractivity contribution is 1.41. The first-order valence-electron chi connectivity index (χ1n) is 7.79. The lowest BCUT2D eigenvalue weighted by atomic mass is 9.93. The molecule has 0 heterocycles. The Labute approximate surface area is 143 Å². The average Bonchev–Trinajstić information content (AvgIpc) is 2.51. The van der Waals surface area contributed by atoms with Gasteiger partial charge in [0.2, 0.25) is 0 Å². The Kier molecular flexibility index (Phi) is 4.67. The molecule has 0 aliphatic carbocycles. The summed E-state index contributed by atoms with van der Waals surface area (Å²) in [6, 6.07) is 20.0. The van der Waals surface area contributed by atoms with Crippen LogP contribution < -0.4 is 10.6 Å². The largest absolute Gasteiger partial charge is 0.106 e. The molecule has 2 heteroatoms. The van der Waals surface area contributed by atoms with Crippen LogP contribution in [0, 0.1) is 20.8 Å². The van der Waals surface area contributed by atoms with Crippen molar-refractivity contribution in [3.05, 3.63) is 71.3 Å². The molecule has 0 aliphatic heterocycles. The summed E-state index contributed by atoms with van der Waals surface area (Å²) in [4.78, 5) is 0. The van der Waals surface area contributed by atoms with Gasteiger partial charge in [0.25, 0.3) is 0 Å². The second-order valence-electron chi connectivity index (χ2n) is 6.18. The normalized spacial score (nSPS) is 10.8. The zero-order valence-electron chi connectivity index (χ0n) is 13.9. The molecule has 0 saturated heterocycles. The molecule has 0 amide bonds. The topological polar surface area (TPSA) is 0 Å². The first-order valence-corrected chi connectivity index (χ1v) is 8.95. The Bertz CT molecular complexity index is 879. The van der Waals surface area contributed by atoms with E-state index < -0.39 is 0 Å². The minimum absolute atomic E-state index is 1.23. The maximum atomic E-state index is 2.79. The number of rotatable bonds is 2. The third-order valence-electron chi connectivity index (χ3n) is 4.37. The lowest BCUT2D eigenvalue weighted by Crippen LogP contribution is -1.97. The van der Waals surface area contributed by atoms with Crippen LogP contribution in [0.1, 0.15) is 16.7 Å². The Morgan fingerprint density at radius 2 is 1.09 bits per heavy atom. The van der Waals surface area contributed by atoms with Gasteiger partial charge in [-0.1, -0.05) is 54.6 Å². The van der Waals surface area contributed by atoms with E-state index in [9.17, 15) is 0 Å². The maximum absolute atomic E-state index is 2.79. The monoisotopic (exact) mass is 336 g/mol. The van der Waals surface area contributed by atoms with Crippen LogP contribution in [-0.2, 0) is 0 Å². The molecule has 0 aromatic heterocycles. The molecule has 0 nitrogen and oxygen atoms in total. The van der Waals surface area contributed by atoms with E-state index in [4.69, 9.17) is 0 Å². The van der Waals surface area contributed by atoms with Crippen LogP contribution in [0.3, 0.4) is 0 Å². The molecule has 2 unspecified atom stereocenters. The van der Waals surface area contributed by atoms with Gasteiger partial charge in [0.05, 0.1) is 0 Å². The summed E-state index contributed by atoms with van der Waals surface area (Å²) < 4.78 is 0. The molecule has 3 aromatic rings. The SMILES string of the molecule is Cc1cc(-c2ccc(-c3ccc(P)cc3C)c(C)c2)ccc1P. The molecule has 0 radical (unpaired) electrons. The first kappa shape index (κ1) is 16.4. The molecule has 0 fully saturated rings. The van der Waals surface area contributed by atoms with Crippen molar-refractivity contribution in [3.8, 4) is 22.3 Å². The highest BCUT2D eigenvalue weighted by Gasteiger charge is 2.08. The van der Waals surface area contributed by atoms with E-state index in [1.165, 1.54) is 49.6 Å². The van der Waals surface area contributed by atoms with Crippen LogP contribution in [0.15, 0.2) is 54.6 Å². The average molecular weight is 336 g/mol. The van der Waals surface area contributed by atoms with E-state index in [0.29, 0.717) is 0 Å². The van der Waals surface area contributed by atoms with Crippen LogP contribution in [0.2, 0.25) is 0 Å². The molecule has 3 aromatic carbocycles. The zero-order valence-corrected chi connectivity index (χ0v) is 16.2. The molecule has 0 N–H and O–H groups in total. The minimum atomic E-state index is 1.23. The highest BCUT2D eigenvalue weighted by atomic mass is 31.0. The Balaban J connectivity index is 2.05. The molecular formula is C21H22P2. The van der Waals surface area contributed by atoms with Crippen molar-refractivity contribution in [3.63, 3.8) is 0 Å². The summed E-state index contributed by atoms with van der Waals surface area (Å²) in [5.74, 6) is 0. The van der Waals surface area contributed by atoms with Gasteiger partial charge in [-0.2, -0.15) is 0 Å². The zero-order chi connectivity index (χ0) is 16.6. The number of hydrogen-bond donors (Lipinski definition) is 0. The smallest absolute Gasteiger partial charge is 0.0152 e. The molecule has 0 saturated carbocycles. The van der Waals surface area contributed by atoms with Crippen molar-refractivity contribution in [1.29, 1.82) is 0 Å². The van der Waals surface area contributed by atoms with Crippen molar-refractivity contribution in [2.24, 2.45) is 0 Å². The van der Waals surface area contributed by atoms with Gasteiger partial charge in [-0.15, -0.1) is 18.5 Å². The highest BCUT2D eigenvalue weighted by Crippen LogP contribution is 2.30. The standard InChI is InChI=1S/C21H22P2/c1-13-10-16(17-5-9-21(23)15(3)11-17)4-7-19(13)20-8-6-18(22)12-14(20)2/h4-12H,22-23H2,1-3H3. The minimum Gasteiger partial charge on any atom is -0.106 e. The van der Waals surface area contributed by atoms with Gasteiger partial charge in [0.15, 0.2) is 0 Å². The van der Waals surface area contributed by atoms with Crippen LogP contribution in [-0.4, -0.2) is 0 Å². The molecule has 23 heavy (non-hydrogen) atoms. The molecule has 3 rings (SSSR count). The van der Waals surface area contributed by atoms with Crippen molar-refractivity contribution in [2.45, 2.75) is 20.8 Å². The molecule has 0 aliphatic rings. The summed E-state index contributed by atoms with van der Waals surface area (Å²) in [6.07, 6.45) is 0. The van der Waals surface area contributed by atoms with E-state index in [2.05, 4.69) is 93.8 Å². The molecule has 116 valence electrons. The second kappa shape index (κ2) is 6.56. The van der Waals surface area contributed by atoms with E-state index >= 15 is 0 Å². The predicted molar refractivity (Wildman–Crippen MR) is 110 cm³/mol. The Hall–Kier alpha value is -1.48. The third-order valence-corrected chi connectivity index (χ3v) is 5.38. The molecule has 0 spiro atoms. The van der Waals surface area contributed by atoms with E-state index in [-0.39, 0.29) is 0 Å². The summed E-state index contributed by atoms with van der Waals surface area (Å²) in [7, 11) is 5.55. The predicted octanol–water partition coefficient (Wildman–Crippen LogP) is 4.95. The lowest BCUT2D eigenvalue weighted by Gasteiger charge is -2.13. The maximum Gasteiger partial charge on any atom is -0.0152 e. The summed E-state index contributed by atoms with van der Waals surface area (Å²) in [6.45, 7) is 6.53. The highest BCUT2D eigenvalue weighted by molar-refractivity contribution is 7.27. The molecule has 0 bridgehead atoms. The second-order valence-corrected chi connectivity index (χ2v) is 7.46. The quantitative estimate of drug-likeness (QED) is 0.581.